The number of anilines is 2. The Kier molecular flexibility index (Phi) is 4.67. The zero-order chi connectivity index (χ0) is 18.0. The van der Waals surface area contributed by atoms with Crippen LogP contribution in [0.2, 0.25) is 0 Å². The lowest BCUT2D eigenvalue weighted by atomic mass is 9.92. The maximum atomic E-state index is 11.2. The van der Waals surface area contributed by atoms with Crippen LogP contribution in [0.4, 0.5) is 16.3 Å². The normalized spacial score (nSPS) is 15.2. The van der Waals surface area contributed by atoms with Gasteiger partial charge in [0.1, 0.15) is 5.82 Å². The predicted octanol–water partition coefficient (Wildman–Crippen LogP) is 3.10. The van der Waals surface area contributed by atoms with Gasteiger partial charge in [-0.15, -0.1) is 0 Å². The van der Waals surface area contributed by atoms with Gasteiger partial charge in [0.25, 0.3) is 0 Å². The van der Waals surface area contributed by atoms with E-state index >= 15 is 0 Å². The van der Waals surface area contributed by atoms with Crippen molar-refractivity contribution in [2.45, 2.75) is 26.2 Å². The van der Waals surface area contributed by atoms with Crippen LogP contribution in [0.25, 0.3) is 5.69 Å². The molecule has 134 valence electrons. The molecule has 0 unspecified atom stereocenters. The van der Waals surface area contributed by atoms with Crippen LogP contribution in [0.1, 0.15) is 26.5 Å². The Morgan fingerprint density at radius 2 is 1.88 bits per heavy atom. The number of benzene rings is 1. The Balaban J connectivity index is 1.99. The molecule has 7 heteroatoms. The first kappa shape index (κ1) is 17.3. The molecule has 0 atom stereocenters. The molecular weight excluding hydrogens is 320 g/mol. The standard InChI is InChI=1S/C18H24N4O3/c1-18(2,3)15-12-16(19-17(23)24)22(20-15)14-6-4-5-13(11-14)21-7-9-25-10-8-21/h4-6,11-12,19H,7-10H2,1-3H3,(H,23,24). The van der Waals surface area contributed by atoms with Gasteiger partial charge in [-0.05, 0) is 18.2 Å². The molecule has 0 saturated carbocycles. The lowest BCUT2D eigenvalue weighted by molar-refractivity contribution is 0.122. The molecule has 3 rings (SSSR count). The Morgan fingerprint density at radius 3 is 2.52 bits per heavy atom. The quantitative estimate of drug-likeness (QED) is 0.894. The molecule has 1 aromatic carbocycles. The van der Waals surface area contributed by atoms with E-state index in [4.69, 9.17) is 9.84 Å². The first-order chi connectivity index (χ1) is 11.8. The monoisotopic (exact) mass is 344 g/mol. The molecular formula is C18H24N4O3. The molecule has 1 aromatic heterocycles. The van der Waals surface area contributed by atoms with Gasteiger partial charge in [0.05, 0.1) is 24.6 Å². The second kappa shape index (κ2) is 6.76. The fourth-order valence-corrected chi connectivity index (χ4v) is 2.79. The number of nitrogens with zero attached hydrogens (tertiary/aromatic N) is 3. The van der Waals surface area contributed by atoms with Gasteiger partial charge < -0.3 is 14.7 Å². The summed E-state index contributed by atoms with van der Waals surface area (Å²) in [5.41, 5.74) is 2.55. The fourth-order valence-electron chi connectivity index (χ4n) is 2.79. The van der Waals surface area contributed by atoms with Crippen molar-refractivity contribution in [1.82, 2.24) is 9.78 Å². The number of hydrogen-bond acceptors (Lipinski definition) is 4. The van der Waals surface area contributed by atoms with Crippen LogP contribution in [-0.4, -0.2) is 47.3 Å². The summed E-state index contributed by atoms with van der Waals surface area (Å²) >= 11 is 0. The largest absolute Gasteiger partial charge is 0.465 e. The van der Waals surface area contributed by atoms with Crippen LogP contribution >= 0.6 is 0 Å². The Morgan fingerprint density at radius 1 is 1.20 bits per heavy atom. The van der Waals surface area contributed by atoms with Crippen LogP contribution < -0.4 is 10.2 Å². The molecule has 1 saturated heterocycles. The molecule has 2 N–H and O–H groups in total. The third-order valence-corrected chi connectivity index (χ3v) is 4.16. The van der Waals surface area contributed by atoms with E-state index < -0.39 is 6.09 Å². The fraction of sp³-hybridized carbons (Fsp3) is 0.444. The van der Waals surface area contributed by atoms with E-state index in [1.54, 1.807) is 10.7 Å². The van der Waals surface area contributed by atoms with Crippen LogP contribution in [0.3, 0.4) is 0 Å². The van der Waals surface area contributed by atoms with Crippen molar-refractivity contribution in [2.24, 2.45) is 0 Å². The molecule has 0 aliphatic carbocycles. The number of aromatic nitrogens is 2. The molecule has 25 heavy (non-hydrogen) atoms. The van der Waals surface area contributed by atoms with Gasteiger partial charge in [0, 0.05) is 30.3 Å². The molecule has 1 amide bonds. The van der Waals surface area contributed by atoms with Crippen LogP contribution in [0, 0.1) is 0 Å². The molecule has 1 aliphatic heterocycles. The minimum absolute atomic E-state index is 0.179. The summed E-state index contributed by atoms with van der Waals surface area (Å²) in [4.78, 5) is 13.4. The number of rotatable bonds is 3. The SMILES string of the molecule is CC(C)(C)c1cc(NC(=O)O)n(-c2cccc(N3CCOCC3)c2)n1. The number of amides is 1. The summed E-state index contributed by atoms with van der Waals surface area (Å²) in [7, 11) is 0. The van der Waals surface area contributed by atoms with Crippen LogP contribution in [-0.2, 0) is 10.2 Å². The van der Waals surface area contributed by atoms with E-state index in [2.05, 4.69) is 15.3 Å². The number of carboxylic acid groups (broad SMARTS) is 1. The zero-order valence-electron chi connectivity index (χ0n) is 14.8. The first-order valence-electron chi connectivity index (χ1n) is 8.38. The number of nitrogens with one attached hydrogen (secondary N) is 1. The topological polar surface area (TPSA) is 79.6 Å². The average Bonchev–Trinajstić information content (AvgIpc) is 2.99. The van der Waals surface area contributed by atoms with Crippen LogP contribution in [0.15, 0.2) is 30.3 Å². The minimum Gasteiger partial charge on any atom is -0.465 e. The highest BCUT2D eigenvalue weighted by Crippen LogP contribution is 2.28. The van der Waals surface area contributed by atoms with Crippen LogP contribution in [0.5, 0.6) is 0 Å². The van der Waals surface area contributed by atoms with E-state index in [9.17, 15) is 4.79 Å². The molecule has 7 nitrogen and oxygen atoms in total. The molecule has 2 heterocycles. The van der Waals surface area contributed by atoms with Crippen molar-refractivity contribution in [1.29, 1.82) is 0 Å². The van der Waals surface area contributed by atoms with Gasteiger partial charge >= 0.3 is 6.09 Å². The van der Waals surface area contributed by atoms with Gasteiger partial charge in [0.15, 0.2) is 0 Å². The number of hydrogen-bond donors (Lipinski definition) is 2. The summed E-state index contributed by atoms with van der Waals surface area (Å²) in [6, 6.07) is 9.75. The van der Waals surface area contributed by atoms with Crippen molar-refractivity contribution in [2.75, 3.05) is 36.5 Å². The highest BCUT2D eigenvalue weighted by Gasteiger charge is 2.22. The van der Waals surface area contributed by atoms with Crippen molar-refractivity contribution in [3.63, 3.8) is 0 Å². The average molecular weight is 344 g/mol. The number of ether oxygens (including phenoxy) is 1. The lowest BCUT2D eigenvalue weighted by Gasteiger charge is -2.29. The van der Waals surface area contributed by atoms with E-state index in [1.807, 2.05) is 45.0 Å². The van der Waals surface area contributed by atoms with Crippen molar-refractivity contribution in [3.05, 3.63) is 36.0 Å². The second-order valence-electron chi connectivity index (χ2n) is 7.13. The smallest absolute Gasteiger partial charge is 0.410 e. The van der Waals surface area contributed by atoms with Gasteiger partial charge in [-0.3, -0.25) is 5.32 Å². The number of morpholine rings is 1. The van der Waals surface area contributed by atoms with Gasteiger partial charge in [-0.2, -0.15) is 5.10 Å². The summed E-state index contributed by atoms with van der Waals surface area (Å²) in [6.45, 7) is 9.27. The lowest BCUT2D eigenvalue weighted by Crippen LogP contribution is -2.36. The highest BCUT2D eigenvalue weighted by atomic mass is 16.5. The molecule has 1 fully saturated rings. The van der Waals surface area contributed by atoms with Crippen molar-refractivity contribution >= 4 is 17.6 Å². The predicted molar refractivity (Wildman–Crippen MR) is 96.9 cm³/mol. The summed E-state index contributed by atoms with van der Waals surface area (Å²) in [5, 5.41) is 16.2. The summed E-state index contributed by atoms with van der Waals surface area (Å²) in [5.74, 6) is 0.441. The van der Waals surface area contributed by atoms with E-state index in [0.29, 0.717) is 19.0 Å². The maximum Gasteiger partial charge on any atom is 0.410 e. The maximum absolute atomic E-state index is 11.2. The summed E-state index contributed by atoms with van der Waals surface area (Å²) < 4.78 is 7.06. The van der Waals surface area contributed by atoms with Crippen molar-refractivity contribution in [3.8, 4) is 5.69 Å². The summed E-state index contributed by atoms with van der Waals surface area (Å²) in [6.07, 6.45) is -1.11. The molecule has 0 radical (unpaired) electrons. The van der Waals surface area contributed by atoms with E-state index in [1.165, 1.54) is 0 Å². The van der Waals surface area contributed by atoms with E-state index in [0.717, 1.165) is 30.2 Å². The Labute approximate surface area is 147 Å². The third-order valence-electron chi connectivity index (χ3n) is 4.16. The molecule has 2 aromatic rings. The Hall–Kier alpha value is -2.54. The zero-order valence-corrected chi connectivity index (χ0v) is 14.8. The highest BCUT2D eigenvalue weighted by molar-refractivity contribution is 5.82. The van der Waals surface area contributed by atoms with Gasteiger partial charge in [0.2, 0.25) is 0 Å². The van der Waals surface area contributed by atoms with Gasteiger partial charge in [-0.1, -0.05) is 26.8 Å². The third kappa shape index (κ3) is 3.93. The molecule has 0 spiro atoms. The Bertz CT molecular complexity index is 758. The molecule has 1 aliphatic rings. The number of carbonyl (C=O) groups is 1. The minimum atomic E-state index is -1.11. The van der Waals surface area contributed by atoms with Crippen molar-refractivity contribution < 1.29 is 14.6 Å². The molecule has 0 bridgehead atoms. The second-order valence-corrected chi connectivity index (χ2v) is 7.13. The van der Waals surface area contributed by atoms with E-state index in [-0.39, 0.29) is 5.41 Å². The van der Waals surface area contributed by atoms with Gasteiger partial charge in [-0.25, -0.2) is 9.48 Å². The first-order valence-corrected chi connectivity index (χ1v) is 8.38.